The van der Waals surface area contributed by atoms with Crippen molar-refractivity contribution in [2.75, 3.05) is 24.8 Å². The highest BCUT2D eigenvalue weighted by Gasteiger charge is 2.35. The van der Waals surface area contributed by atoms with Crippen molar-refractivity contribution in [2.45, 2.75) is 25.0 Å². The number of hydrogen-bond acceptors (Lipinski definition) is 7. The number of rotatable bonds is 7. The maximum atomic E-state index is 12.8. The number of allylic oxidation sites excluding steroid dienone is 1. The maximum Gasteiger partial charge on any atom is 0.338 e. The van der Waals surface area contributed by atoms with Crippen molar-refractivity contribution in [3.63, 3.8) is 0 Å². The van der Waals surface area contributed by atoms with Crippen molar-refractivity contribution in [3.05, 3.63) is 52.2 Å². The third-order valence-electron chi connectivity index (χ3n) is 4.15. The van der Waals surface area contributed by atoms with Gasteiger partial charge in [0.2, 0.25) is 11.1 Å². The second kappa shape index (κ2) is 8.83. The first-order valence-corrected chi connectivity index (χ1v) is 10.5. The molecule has 0 saturated carbocycles. The van der Waals surface area contributed by atoms with Gasteiger partial charge in [-0.25, -0.2) is 9.48 Å². The first-order chi connectivity index (χ1) is 13.5. The molecule has 0 radical (unpaired) electrons. The molecule has 9 heteroatoms. The number of methoxy groups -OCH3 is 1. The van der Waals surface area contributed by atoms with Crippen molar-refractivity contribution in [1.29, 1.82) is 0 Å². The number of benzene rings is 1. The van der Waals surface area contributed by atoms with Crippen LogP contribution in [-0.4, -0.2) is 40.2 Å². The Morgan fingerprint density at radius 1 is 1.50 bits per heavy atom. The van der Waals surface area contributed by atoms with Gasteiger partial charge in [0.25, 0.3) is 0 Å². The van der Waals surface area contributed by atoms with Crippen LogP contribution in [0.25, 0.3) is 0 Å². The number of thioether (sulfide) groups is 1. The summed E-state index contributed by atoms with van der Waals surface area (Å²) in [4.78, 5) is 17.4. The van der Waals surface area contributed by atoms with Gasteiger partial charge >= 0.3 is 5.97 Å². The molecular formula is C19H21BrN4O3S. The van der Waals surface area contributed by atoms with E-state index in [9.17, 15) is 4.79 Å². The van der Waals surface area contributed by atoms with Crippen LogP contribution >= 0.6 is 27.7 Å². The van der Waals surface area contributed by atoms with Crippen LogP contribution in [-0.2, 0) is 9.53 Å². The molecule has 1 unspecified atom stereocenters. The summed E-state index contributed by atoms with van der Waals surface area (Å²) in [6.45, 7) is 7.61. The minimum absolute atomic E-state index is 0.135. The Kier molecular flexibility index (Phi) is 6.46. The van der Waals surface area contributed by atoms with Crippen LogP contribution in [0.1, 0.15) is 25.5 Å². The van der Waals surface area contributed by atoms with E-state index in [-0.39, 0.29) is 6.61 Å². The number of nitrogens with one attached hydrogen (secondary N) is 1. The summed E-state index contributed by atoms with van der Waals surface area (Å²) in [5, 5.41) is 8.44. The average Bonchev–Trinajstić information content (AvgIpc) is 3.07. The van der Waals surface area contributed by atoms with Gasteiger partial charge in [-0.3, -0.25) is 0 Å². The SMILES string of the molecule is C=CCOC(=O)C1=C(C)Nc2nc(SCC)nn2C1c1ccc(OC)c(Br)c1. The van der Waals surface area contributed by atoms with Gasteiger partial charge < -0.3 is 14.8 Å². The van der Waals surface area contributed by atoms with Crippen LogP contribution in [0.3, 0.4) is 0 Å². The highest BCUT2D eigenvalue weighted by molar-refractivity contribution is 9.10. The van der Waals surface area contributed by atoms with Gasteiger partial charge in [-0.05, 0) is 46.3 Å². The van der Waals surface area contributed by atoms with Crippen LogP contribution in [0.2, 0.25) is 0 Å². The standard InChI is InChI=1S/C19H21BrN4O3S/c1-5-9-27-17(25)15-11(3)21-18-22-19(28-6-2)23-24(18)16(15)12-7-8-14(26-4)13(20)10-12/h5,7-8,10,16H,1,6,9H2,2-4H3,(H,21,22,23). The summed E-state index contributed by atoms with van der Waals surface area (Å²) in [6.07, 6.45) is 1.54. The largest absolute Gasteiger partial charge is 0.496 e. The molecule has 1 aromatic heterocycles. The van der Waals surface area contributed by atoms with E-state index in [0.29, 0.717) is 28.1 Å². The molecule has 0 amide bonds. The number of carbonyl (C=O) groups excluding carboxylic acids is 1. The summed E-state index contributed by atoms with van der Waals surface area (Å²) in [7, 11) is 1.61. The number of nitrogens with zero attached hydrogens (tertiary/aromatic N) is 3. The fraction of sp³-hybridized carbons (Fsp3) is 0.316. The first kappa shape index (κ1) is 20.5. The van der Waals surface area contributed by atoms with Crippen molar-refractivity contribution >= 4 is 39.6 Å². The predicted octanol–water partition coefficient (Wildman–Crippen LogP) is 4.18. The molecule has 3 rings (SSSR count). The molecule has 148 valence electrons. The molecule has 0 saturated heterocycles. The third-order valence-corrected chi connectivity index (χ3v) is 5.49. The normalized spacial score (nSPS) is 15.6. The first-order valence-electron chi connectivity index (χ1n) is 8.68. The van der Waals surface area contributed by atoms with Crippen molar-refractivity contribution in [1.82, 2.24) is 14.8 Å². The summed E-state index contributed by atoms with van der Waals surface area (Å²) in [5.74, 6) is 1.72. The van der Waals surface area contributed by atoms with Gasteiger partial charge in [-0.15, -0.1) is 5.10 Å². The Bertz CT molecular complexity index is 941. The molecular weight excluding hydrogens is 444 g/mol. The molecule has 1 aliphatic rings. The Morgan fingerprint density at radius 3 is 2.93 bits per heavy atom. The van der Waals surface area contributed by atoms with Crippen LogP contribution in [0.15, 0.2) is 51.8 Å². The predicted molar refractivity (Wildman–Crippen MR) is 113 cm³/mol. The molecule has 0 bridgehead atoms. The van der Waals surface area contributed by atoms with Crippen molar-refractivity contribution in [2.24, 2.45) is 0 Å². The number of esters is 1. The number of anilines is 1. The fourth-order valence-electron chi connectivity index (χ4n) is 2.96. The zero-order valence-electron chi connectivity index (χ0n) is 15.9. The van der Waals surface area contributed by atoms with Gasteiger partial charge in [0.15, 0.2) is 0 Å². The van der Waals surface area contributed by atoms with Gasteiger partial charge in [0.1, 0.15) is 18.4 Å². The van der Waals surface area contributed by atoms with E-state index >= 15 is 0 Å². The highest BCUT2D eigenvalue weighted by atomic mass is 79.9. The van der Waals surface area contributed by atoms with E-state index in [2.05, 4.69) is 37.9 Å². The van der Waals surface area contributed by atoms with Crippen LogP contribution in [0.5, 0.6) is 5.75 Å². The van der Waals surface area contributed by atoms with E-state index in [4.69, 9.17) is 9.47 Å². The van der Waals surface area contributed by atoms with Crippen molar-refractivity contribution < 1.29 is 14.3 Å². The lowest BCUT2D eigenvalue weighted by Gasteiger charge is -2.28. The molecule has 1 aliphatic heterocycles. The highest BCUT2D eigenvalue weighted by Crippen LogP contribution is 2.39. The summed E-state index contributed by atoms with van der Waals surface area (Å²) in [6, 6.07) is 5.20. The molecule has 0 aliphatic carbocycles. The Morgan fingerprint density at radius 2 is 2.29 bits per heavy atom. The zero-order valence-corrected chi connectivity index (χ0v) is 18.3. The molecule has 1 N–H and O–H groups in total. The van der Waals surface area contributed by atoms with E-state index in [0.717, 1.165) is 15.8 Å². The molecule has 1 aromatic carbocycles. The summed E-state index contributed by atoms with van der Waals surface area (Å²) in [5.41, 5.74) is 2.02. The maximum absolute atomic E-state index is 12.8. The minimum atomic E-state index is -0.477. The van der Waals surface area contributed by atoms with Crippen LogP contribution < -0.4 is 10.1 Å². The minimum Gasteiger partial charge on any atom is -0.496 e. The number of halogens is 1. The summed E-state index contributed by atoms with van der Waals surface area (Å²) < 4.78 is 13.2. The van der Waals surface area contributed by atoms with Gasteiger partial charge in [0.05, 0.1) is 17.2 Å². The van der Waals surface area contributed by atoms with Crippen LogP contribution in [0.4, 0.5) is 5.95 Å². The number of ether oxygens (including phenoxy) is 2. The second-order valence-electron chi connectivity index (χ2n) is 5.94. The van der Waals surface area contributed by atoms with E-state index < -0.39 is 12.0 Å². The average molecular weight is 465 g/mol. The van der Waals surface area contributed by atoms with Crippen molar-refractivity contribution in [3.8, 4) is 5.75 Å². The van der Waals surface area contributed by atoms with Crippen LogP contribution in [0, 0.1) is 0 Å². The van der Waals surface area contributed by atoms with Gasteiger partial charge in [0, 0.05) is 5.70 Å². The molecule has 0 spiro atoms. The molecule has 0 fully saturated rings. The monoisotopic (exact) mass is 464 g/mol. The van der Waals surface area contributed by atoms with Gasteiger partial charge in [-0.1, -0.05) is 37.4 Å². The van der Waals surface area contributed by atoms with Gasteiger partial charge in [-0.2, -0.15) is 4.98 Å². The molecule has 28 heavy (non-hydrogen) atoms. The van der Waals surface area contributed by atoms with E-state index in [1.165, 1.54) is 11.8 Å². The third kappa shape index (κ3) is 3.95. The number of fused-ring (bicyclic) bond motifs is 1. The Hall–Kier alpha value is -2.26. The quantitative estimate of drug-likeness (QED) is 0.374. The van der Waals surface area contributed by atoms with E-state index in [1.54, 1.807) is 17.9 Å². The molecule has 2 heterocycles. The Labute approximate surface area is 176 Å². The van der Waals surface area contributed by atoms with E-state index in [1.807, 2.05) is 32.0 Å². The zero-order chi connectivity index (χ0) is 20.3. The Balaban J connectivity index is 2.13. The number of carbonyl (C=O) groups is 1. The lowest BCUT2D eigenvalue weighted by molar-refractivity contribution is -0.138. The number of hydrogen-bond donors (Lipinski definition) is 1. The smallest absolute Gasteiger partial charge is 0.338 e. The topological polar surface area (TPSA) is 78.3 Å². The second-order valence-corrected chi connectivity index (χ2v) is 8.03. The molecule has 7 nitrogen and oxygen atoms in total. The fourth-order valence-corrected chi connectivity index (χ4v) is 4.07. The lowest BCUT2D eigenvalue weighted by atomic mass is 9.96. The lowest BCUT2D eigenvalue weighted by Crippen LogP contribution is -2.29. The number of aromatic nitrogens is 3. The molecule has 2 aromatic rings. The summed E-state index contributed by atoms with van der Waals surface area (Å²) >= 11 is 5.06. The molecule has 1 atom stereocenters.